The molecule has 0 saturated carbocycles. The summed E-state index contributed by atoms with van der Waals surface area (Å²) in [5.74, 6) is 0. The van der Waals surface area contributed by atoms with E-state index in [0.29, 0.717) is 0 Å². The van der Waals surface area contributed by atoms with Crippen LogP contribution >= 0.6 is 0 Å². The minimum absolute atomic E-state index is 0.240. The Morgan fingerprint density at radius 3 is 3.06 bits per heavy atom. The van der Waals surface area contributed by atoms with Crippen LogP contribution in [0.2, 0.25) is 0 Å². The molecule has 1 aliphatic carbocycles. The topological polar surface area (TPSA) is 34.4 Å². The fourth-order valence-electron chi connectivity index (χ4n) is 2.63. The molecule has 1 atom stereocenters. The van der Waals surface area contributed by atoms with Gasteiger partial charge in [-0.15, -0.1) is 0 Å². The van der Waals surface area contributed by atoms with Crippen molar-refractivity contribution in [3.63, 3.8) is 0 Å². The summed E-state index contributed by atoms with van der Waals surface area (Å²) in [6.45, 7) is 4.92. The van der Waals surface area contributed by atoms with Crippen LogP contribution in [0.4, 0.5) is 0 Å². The van der Waals surface area contributed by atoms with Gasteiger partial charge in [0.25, 0.3) is 0 Å². The van der Waals surface area contributed by atoms with E-state index in [2.05, 4.69) is 23.8 Å². The first-order valence-corrected chi connectivity index (χ1v) is 7.26. The zero-order valence-corrected chi connectivity index (χ0v) is 11.4. The van der Waals surface area contributed by atoms with Crippen molar-refractivity contribution in [3.05, 3.63) is 23.5 Å². The summed E-state index contributed by atoms with van der Waals surface area (Å²) in [5.41, 5.74) is 2.48. The molecule has 0 bridgehead atoms. The third-order valence-electron chi connectivity index (χ3n) is 3.69. The monoisotopic (exact) mass is 251 g/mol. The van der Waals surface area contributed by atoms with Gasteiger partial charge in [0, 0.05) is 37.2 Å². The number of rotatable bonds is 7. The third kappa shape index (κ3) is 3.36. The van der Waals surface area contributed by atoms with Gasteiger partial charge in [0.15, 0.2) is 0 Å². The molecule has 0 aromatic carbocycles. The molecule has 0 fully saturated rings. The molecule has 18 heavy (non-hydrogen) atoms. The quantitative estimate of drug-likeness (QED) is 0.756. The van der Waals surface area contributed by atoms with Gasteiger partial charge < -0.3 is 14.4 Å². The molecule has 0 saturated heterocycles. The van der Waals surface area contributed by atoms with Crippen molar-refractivity contribution in [2.45, 2.75) is 58.1 Å². The molecule has 1 N–H and O–H groups in total. The summed E-state index contributed by atoms with van der Waals surface area (Å²) in [6, 6.07) is 2.08. The number of aromatic nitrogens is 1. The minimum Gasteiger partial charge on any atom is -0.388 e. The van der Waals surface area contributed by atoms with Gasteiger partial charge in [0.2, 0.25) is 0 Å². The molecular formula is C15H25NO2. The van der Waals surface area contributed by atoms with Crippen molar-refractivity contribution in [2.75, 3.05) is 13.2 Å². The summed E-state index contributed by atoms with van der Waals surface area (Å²) in [6.07, 6.45) is 8.41. The fourth-order valence-corrected chi connectivity index (χ4v) is 2.63. The van der Waals surface area contributed by atoms with Crippen molar-refractivity contribution < 1.29 is 9.84 Å². The number of aliphatic hydroxyl groups is 1. The predicted octanol–water partition coefficient (Wildman–Crippen LogP) is 3.06. The van der Waals surface area contributed by atoms with Gasteiger partial charge in [-0.25, -0.2) is 0 Å². The lowest BCUT2D eigenvalue weighted by molar-refractivity contribution is 0.125. The van der Waals surface area contributed by atoms with Crippen LogP contribution in [0.25, 0.3) is 0 Å². The normalized spacial score (nSPS) is 18.9. The van der Waals surface area contributed by atoms with Crippen molar-refractivity contribution in [2.24, 2.45) is 0 Å². The second-order valence-electron chi connectivity index (χ2n) is 5.14. The highest BCUT2D eigenvalue weighted by atomic mass is 16.5. The highest BCUT2D eigenvalue weighted by molar-refractivity contribution is 5.27. The largest absolute Gasteiger partial charge is 0.388 e. The van der Waals surface area contributed by atoms with Crippen molar-refractivity contribution in [3.8, 4) is 0 Å². The van der Waals surface area contributed by atoms with Crippen LogP contribution < -0.4 is 0 Å². The Morgan fingerprint density at radius 2 is 2.22 bits per heavy atom. The van der Waals surface area contributed by atoms with E-state index >= 15 is 0 Å². The van der Waals surface area contributed by atoms with Crippen LogP contribution in [0.1, 0.15) is 56.4 Å². The number of fused-ring (bicyclic) bond motifs is 1. The van der Waals surface area contributed by atoms with Gasteiger partial charge in [-0.2, -0.15) is 0 Å². The lowest BCUT2D eigenvalue weighted by Gasteiger charge is -2.20. The number of aryl methyl sites for hydroxylation is 1. The van der Waals surface area contributed by atoms with Gasteiger partial charge in [0.05, 0.1) is 6.10 Å². The van der Waals surface area contributed by atoms with Crippen molar-refractivity contribution in [1.82, 2.24) is 4.57 Å². The van der Waals surface area contributed by atoms with Crippen LogP contribution in [-0.4, -0.2) is 22.9 Å². The molecule has 1 unspecified atom stereocenters. The van der Waals surface area contributed by atoms with Crippen LogP contribution in [0.3, 0.4) is 0 Å². The maximum atomic E-state index is 9.91. The summed E-state index contributed by atoms with van der Waals surface area (Å²) in [7, 11) is 0. The Morgan fingerprint density at radius 1 is 1.39 bits per heavy atom. The smallest absolute Gasteiger partial charge is 0.0807 e. The number of hydrogen-bond acceptors (Lipinski definition) is 2. The number of hydrogen-bond donors (Lipinski definition) is 1. The Bertz CT molecular complexity index is 359. The van der Waals surface area contributed by atoms with Crippen LogP contribution in [0, 0.1) is 0 Å². The lowest BCUT2D eigenvalue weighted by Crippen LogP contribution is -2.12. The summed E-state index contributed by atoms with van der Waals surface area (Å²) in [5, 5.41) is 9.91. The number of aliphatic hydroxyl groups excluding tert-OH is 1. The maximum Gasteiger partial charge on any atom is 0.0807 e. The molecule has 0 spiro atoms. The molecule has 0 aliphatic heterocycles. The van der Waals surface area contributed by atoms with Gasteiger partial charge >= 0.3 is 0 Å². The molecule has 1 aromatic rings. The summed E-state index contributed by atoms with van der Waals surface area (Å²) < 4.78 is 7.87. The van der Waals surface area contributed by atoms with Crippen LogP contribution in [0.5, 0.6) is 0 Å². The summed E-state index contributed by atoms with van der Waals surface area (Å²) in [4.78, 5) is 0. The van der Waals surface area contributed by atoms with E-state index in [1.54, 1.807) is 0 Å². The molecule has 2 rings (SSSR count). The first-order chi connectivity index (χ1) is 8.83. The molecule has 0 amide bonds. The minimum atomic E-state index is -0.240. The van der Waals surface area contributed by atoms with E-state index in [1.807, 2.05) is 0 Å². The fraction of sp³-hybridized carbons (Fsp3) is 0.733. The van der Waals surface area contributed by atoms with Crippen molar-refractivity contribution in [1.29, 1.82) is 0 Å². The lowest BCUT2D eigenvalue weighted by atomic mass is 9.95. The zero-order valence-electron chi connectivity index (χ0n) is 11.4. The average Bonchev–Trinajstić information content (AvgIpc) is 2.79. The van der Waals surface area contributed by atoms with E-state index in [9.17, 15) is 5.11 Å². The Labute approximate surface area is 110 Å². The van der Waals surface area contributed by atoms with Gasteiger partial charge in [-0.05, 0) is 38.2 Å². The molecular weight excluding hydrogens is 226 g/mol. The first-order valence-electron chi connectivity index (χ1n) is 7.26. The van der Waals surface area contributed by atoms with Gasteiger partial charge in [-0.1, -0.05) is 13.3 Å². The molecule has 3 nitrogen and oxygen atoms in total. The van der Waals surface area contributed by atoms with Crippen LogP contribution in [-0.2, 0) is 17.7 Å². The van der Waals surface area contributed by atoms with E-state index in [4.69, 9.17) is 4.74 Å². The average molecular weight is 251 g/mol. The second kappa shape index (κ2) is 6.95. The predicted molar refractivity (Wildman–Crippen MR) is 72.7 cm³/mol. The third-order valence-corrected chi connectivity index (χ3v) is 3.69. The van der Waals surface area contributed by atoms with E-state index < -0.39 is 0 Å². The Balaban J connectivity index is 1.76. The highest BCUT2D eigenvalue weighted by Crippen LogP contribution is 2.30. The van der Waals surface area contributed by atoms with Crippen molar-refractivity contribution >= 4 is 0 Å². The maximum absolute atomic E-state index is 9.91. The Hall–Kier alpha value is -0.800. The Kier molecular flexibility index (Phi) is 5.26. The number of unbranched alkanes of at least 4 members (excludes halogenated alkanes) is 1. The second-order valence-corrected chi connectivity index (χ2v) is 5.14. The highest BCUT2D eigenvalue weighted by Gasteiger charge is 2.20. The number of nitrogens with zero attached hydrogens (tertiary/aromatic N) is 1. The molecule has 102 valence electrons. The standard InChI is InChI=1S/C15H25NO2/c1-2-3-11-18-12-5-9-16-10-8-13-14(16)6-4-7-15(13)17/h8,10,15,17H,2-7,9,11-12H2,1H3. The van der Waals surface area contributed by atoms with E-state index in [-0.39, 0.29) is 6.10 Å². The molecule has 1 aliphatic rings. The van der Waals surface area contributed by atoms with Gasteiger partial charge in [-0.3, -0.25) is 0 Å². The molecule has 3 heteroatoms. The zero-order chi connectivity index (χ0) is 12.8. The van der Waals surface area contributed by atoms with E-state index in [1.165, 1.54) is 12.1 Å². The molecule has 0 radical (unpaired) electrons. The van der Waals surface area contributed by atoms with E-state index in [0.717, 1.165) is 57.4 Å². The first kappa shape index (κ1) is 13.6. The molecule has 1 heterocycles. The SMILES string of the molecule is CCCCOCCCn1ccc2c1CCCC2O. The van der Waals surface area contributed by atoms with Crippen LogP contribution in [0.15, 0.2) is 12.3 Å². The van der Waals surface area contributed by atoms with Gasteiger partial charge in [0.1, 0.15) is 0 Å². The molecule has 1 aromatic heterocycles. The summed E-state index contributed by atoms with van der Waals surface area (Å²) >= 11 is 0. The number of ether oxygens (including phenoxy) is 1.